The minimum Gasteiger partial charge on any atom is -0.481 e. The molecule has 98 valence electrons. The molecule has 1 amide bonds. The van der Waals surface area contributed by atoms with Crippen molar-refractivity contribution in [1.29, 1.82) is 0 Å². The van der Waals surface area contributed by atoms with E-state index in [9.17, 15) is 4.79 Å². The normalized spacial score (nSPS) is 10.4. The number of carbonyl (C=O) groups is 1. The summed E-state index contributed by atoms with van der Waals surface area (Å²) in [7, 11) is 3.13. The summed E-state index contributed by atoms with van der Waals surface area (Å²) in [5, 5.41) is 2.72. The van der Waals surface area contributed by atoms with Crippen LogP contribution in [0.5, 0.6) is 11.8 Å². The van der Waals surface area contributed by atoms with E-state index >= 15 is 0 Å². The average molecular weight is 250 g/mol. The SMILES string of the molecule is COc1ccc(C=CCCNC(C)=O)c(OC)n1. The van der Waals surface area contributed by atoms with E-state index in [1.165, 1.54) is 6.92 Å². The Morgan fingerprint density at radius 1 is 1.39 bits per heavy atom. The number of ether oxygens (including phenoxy) is 2. The van der Waals surface area contributed by atoms with Crippen LogP contribution in [-0.4, -0.2) is 31.7 Å². The van der Waals surface area contributed by atoms with Crippen LogP contribution in [0, 0.1) is 0 Å². The lowest BCUT2D eigenvalue weighted by Gasteiger charge is -2.05. The minimum atomic E-state index is -0.0212. The van der Waals surface area contributed by atoms with Crippen molar-refractivity contribution in [3.05, 3.63) is 23.8 Å². The maximum atomic E-state index is 10.7. The van der Waals surface area contributed by atoms with Crippen LogP contribution < -0.4 is 14.8 Å². The van der Waals surface area contributed by atoms with E-state index in [4.69, 9.17) is 9.47 Å². The van der Waals surface area contributed by atoms with Crippen LogP contribution in [0.15, 0.2) is 18.2 Å². The Balaban J connectivity index is 2.60. The number of methoxy groups -OCH3 is 2. The number of nitrogens with one attached hydrogen (secondary N) is 1. The van der Waals surface area contributed by atoms with Gasteiger partial charge in [0.05, 0.1) is 14.2 Å². The molecule has 0 radical (unpaired) electrons. The fourth-order valence-corrected chi connectivity index (χ4v) is 1.38. The fourth-order valence-electron chi connectivity index (χ4n) is 1.38. The number of hydrogen-bond donors (Lipinski definition) is 1. The molecule has 0 fully saturated rings. The molecule has 0 atom stereocenters. The lowest BCUT2D eigenvalue weighted by molar-refractivity contribution is -0.118. The molecule has 0 spiro atoms. The van der Waals surface area contributed by atoms with E-state index in [1.54, 1.807) is 20.3 Å². The third-order valence-electron chi connectivity index (χ3n) is 2.25. The smallest absolute Gasteiger partial charge is 0.223 e. The largest absolute Gasteiger partial charge is 0.481 e. The number of nitrogens with zero attached hydrogens (tertiary/aromatic N) is 1. The highest BCUT2D eigenvalue weighted by Gasteiger charge is 2.03. The molecule has 1 aromatic rings. The fraction of sp³-hybridized carbons (Fsp3) is 0.385. The zero-order valence-electron chi connectivity index (χ0n) is 10.9. The molecule has 0 aliphatic carbocycles. The number of rotatable bonds is 6. The van der Waals surface area contributed by atoms with E-state index in [2.05, 4.69) is 10.3 Å². The molecule has 0 bridgehead atoms. The van der Waals surface area contributed by atoms with Crippen molar-refractivity contribution in [2.75, 3.05) is 20.8 Å². The molecule has 1 heterocycles. The highest BCUT2D eigenvalue weighted by atomic mass is 16.5. The molecule has 0 saturated carbocycles. The van der Waals surface area contributed by atoms with Crippen LogP contribution in [-0.2, 0) is 4.79 Å². The van der Waals surface area contributed by atoms with Gasteiger partial charge < -0.3 is 14.8 Å². The Bertz CT molecular complexity index is 430. The van der Waals surface area contributed by atoms with Crippen molar-refractivity contribution in [2.24, 2.45) is 0 Å². The molecule has 0 aliphatic heterocycles. The van der Waals surface area contributed by atoms with Gasteiger partial charge in [0.15, 0.2) is 0 Å². The van der Waals surface area contributed by atoms with Gasteiger partial charge in [-0.15, -0.1) is 0 Å². The predicted octanol–water partition coefficient (Wildman–Crippen LogP) is 1.64. The lowest BCUT2D eigenvalue weighted by atomic mass is 10.2. The first kappa shape index (κ1) is 14.0. The molecule has 5 nitrogen and oxygen atoms in total. The van der Waals surface area contributed by atoms with Crippen molar-refractivity contribution < 1.29 is 14.3 Å². The summed E-state index contributed by atoms with van der Waals surface area (Å²) in [5.74, 6) is 1.01. The summed E-state index contributed by atoms with van der Waals surface area (Å²) in [4.78, 5) is 14.8. The van der Waals surface area contributed by atoms with Crippen LogP contribution in [0.2, 0.25) is 0 Å². The van der Waals surface area contributed by atoms with Gasteiger partial charge in [-0.05, 0) is 12.5 Å². The van der Waals surface area contributed by atoms with E-state index < -0.39 is 0 Å². The highest BCUT2D eigenvalue weighted by molar-refractivity contribution is 5.72. The summed E-state index contributed by atoms with van der Waals surface area (Å²) in [6, 6.07) is 3.65. The first-order valence-electron chi connectivity index (χ1n) is 5.67. The van der Waals surface area contributed by atoms with Gasteiger partial charge in [0.25, 0.3) is 0 Å². The third-order valence-corrected chi connectivity index (χ3v) is 2.25. The minimum absolute atomic E-state index is 0.0212. The third kappa shape index (κ3) is 4.45. The molecular formula is C13H18N2O3. The van der Waals surface area contributed by atoms with Gasteiger partial charge in [0.1, 0.15) is 0 Å². The van der Waals surface area contributed by atoms with Gasteiger partial charge in [-0.1, -0.05) is 12.2 Å². The van der Waals surface area contributed by atoms with Gasteiger partial charge in [-0.2, -0.15) is 4.98 Å². The van der Waals surface area contributed by atoms with Crippen LogP contribution in [0.1, 0.15) is 18.9 Å². The number of amides is 1. The van der Waals surface area contributed by atoms with E-state index in [0.29, 0.717) is 18.3 Å². The van der Waals surface area contributed by atoms with Gasteiger partial charge in [0.2, 0.25) is 17.7 Å². The molecule has 1 rings (SSSR count). The van der Waals surface area contributed by atoms with Crippen LogP contribution >= 0.6 is 0 Å². The first-order chi connectivity index (χ1) is 8.67. The summed E-state index contributed by atoms with van der Waals surface area (Å²) in [5.41, 5.74) is 0.876. The molecule has 0 aliphatic rings. The standard InChI is InChI=1S/C13H18N2O3/c1-10(16)14-9-5-4-6-11-7-8-12(17-2)15-13(11)18-3/h4,6-8H,5,9H2,1-3H3,(H,14,16). The Morgan fingerprint density at radius 2 is 2.17 bits per heavy atom. The second kappa shape index (κ2) is 7.32. The second-order valence-electron chi connectivity index (χ2n) is 3.63. The maximum Gasteiger partial charge on any atom is 0.223 e. The Morgan fingerprint density at radius 3 is 2.78 bits per heavy atom. The lowest BCUT2D eigenvalue weighted by Crippen LogP contribution is -2.20. The molecule has 1 aromatic heterocycles. The summed E-state index contributed by atoms with van der Waals surface area (Å²) in [6.45, 7) is 2.12. The van der Waals surface area contributed by atoms with Gasteiger partial charge >= 0.3 is 0 Å². The zero-order valence-corrected chi connectivity index (χ0v) is 10.9. The van der Waals surface area contributed by atoms with Crippen LogP contribution in [0.25, 0.3) is 6.08 Å². The van der Waals surface area contributed by atoms with E-state index in [0.717, 1.165) is 12.0 Å². The molecule has 18 heavy (non-hydrogen) atoms. The molecular weight excluding hydrogens is 232 g/mol. The quantitative estimate of drug-likeness (QED) is 0.780. The second-order valence-corrected chi connectivity index (χ2v) is 3.63. The van der Waals surface area contributed by atoms with Crippen molar-refractivity contribution in [2.45, 2.75) is 13.3 Å². The maximum absolute atomic E-state index is 10.7. The number of hydrogen-bond acceptors (Lipinski definition) is 4. The molecule has 5 heteroatoms. The van der Waals surface area contributed by atoms with Crippen LogP contribution in [0.4, 0.5) is 0 Å². The Kier molecular flexibility index (Phi) is 5.70. The average Bonchev–Trinajstić information content (AvgIpc) is 2.38. The van der Waals surface area contributed by atoms with E-state index in [-0.39, 0.29) is 5.91 Å². The summed E-state index contributed by atoms with van der Waals surface area (Å²) >= 11 is 0. The Hall–Kier alpha value is -2.04. The van der Waals surface area contributed by atoms with Crippen molar-refractivity contribution in [1.82, 2.24) is 10.3 Å². The van der Waals surface area contributed by atoms with E-state index in [1.807, 2.05) is 18.2 Å². The number of pyridine rings is 1. The van der Waals surface area contributed by atoms with Crippen molar-refractivity contribution in [3.8, 4) is 11.8 Å². The van der Waals surface area contributed by atoms with Gasteiger partial charge in [-0.25, -0.2) is 0 Å². The number of aromatic nitrogens is 1. The number of carbonyl (C=O) groups excluding carboxylic acids is 1. The van der Waals surface area contributed by atoms with Gasteiger partial charge in [0, 0.05) is 25.1 Å². The highest BCUT2D eigenvalue weighted by Crippen LogP contribution is 2.20. The summed E-state index contributed by atoms with van der Waals surface area (Å²) in [6.07, 6.45) is 4.63. The monoisotopic (exact) mass is 250 g/mol. The summed E-state index contributed by atoms with van der Waals surface area (Å²) < 4.78 is 10.2. The molecule has 0 aromatic carbocycles. The first-order valence-corrected chi connectivity index (χ1v) is 5.67. The molecule has 0 unspecified atom stereocenters. The topological polar surface area (TPSA) is 60.5 Å². The molecule has 1 N–H and O–H groups in total. The van der Waals surface area contributed by atoms with Crippen LogP contribution in [0.3, 0.4) is 0 Å². The Labute approximate surface area is 107 Å². The van der Waals surface area contributed by atoms with Gasteiger partial charge in [-0.3, -0.25) is 4.79 Å². The predicted molar refractivity (Wildman–Crippen MR) is 69.7 cm³/mol. The zero-order chi connectivity index (χ0) is 13.4. The molecule has 0 saturated heterocycles. The van der Waals surface area contributed by atoms with Crippen molar-refractivity contribution >= 4 is 12.0 Å². The van der Waals surface area contributed by atoms with Crippen molar-refractivity contribution in [3.63, 3.8) is 0 Å².